The molecule has 0 radical (unpaired) electrons. The van der Waals surface area contributed by atoms with E-state index in [0.717, 1.165) is 0 Å². The number of benzene rings is 2. The summed E-state index contributed by atoms with van der Waals surface area (Å²) in [5, 5.41) is 9.86. The summed E-state index contributed by atoms with van der Waals surface area (Å²) in [6, 6.07) is 6.47. The average molecular weight is 486 g/mol. The fraction of sp³-hybridized carbons (Fsp3) is 0.208. The summed E-state index contributed by atoms with van der Waals surface area (Å²) in [6.07, 6.45) is 3.98. The number of ether oxygens (including phenoxy) is 4. The zero-order valence-electron chi connectivity index (χ0n) is 19.3. The van der Waals surface area contributed by atoms with Crippen LogP contribution in [0.5, 0.6) is 23.0 Å². The van der Waals surface area contributed by atoms with Gasteiger partial charge in [-0.15, -0.1) is 0 Å². The van der Waals surface area contributed by atoms with Crippen LogP contribution in [0.1, 0.15) is 22.7 Å². The Morgan fingerprint density at radius 2 is 1.54 bits per heavy atom. The molecule has 1 heterocycles. The van der Waals surface area contributed by atoms with Gasteiger partial charge in [-0.05, 0) is 35.4 Å². The summed E-state index contributed by atoms with van der Waals surface area (Å²) in [6.45, 7) is 0. The van der Waals surface area contributed by atoms with E-state index >= 15 is 0 Å². The molecule has 0 aliphatic carbocycles. The maximum absolute atomic E-state index is 13.9. The van der Waals surface area contributed by atoms with E-state index in [0.29, 0.717) is 39.1 Å². The highest BCUT2D eigenvalue weighted by Crippen LogP contribution is 2.38. The van der Waals surface area contributed by atoms with Gasteiger partial charge in [0.25, 0.3) is 5.56 Å². The smallest absolute Gasteiger partial charge is 0.331 e. The molecule has 3 rings (SSSR count). The summed E-state index contributed by atoms with van der Waals surface area (Å²) >= 11 is 0. The number of aromatic amines is 1. The minimum atomic E-state index is -1.67. The topological polar surface area (TPSA) is 129 Å². The van der Waals surface area contributed by atoms with Gasteiger partial charge in [0.15, 0.2) is 17.5 Å². The quantitative estimate of drug-likeness (QED) is 0.442. The molecular formula is C24H23FN2O8. The van der Waals surface area contributed by atoms with Crippen molar-refractivity contribution in [2.24, 2.45) is 0 Å². The Labute approximate surface area is 198 Å². The molecule has 3 aromatic rings. The van der Waals surface area contributed by atoms with E-state index in [4.69, 9.17) is 18.9 Å². The third-order valence-electron chi connectivity index (χ3n) is 5.14. The number of rotatable bonds is 9. The summed E-state index contributed by atoms with van der Waals surface area (Å²) in [7, 11) is 5.81. The number of carbonyl (C=O) groups is 1. The largest absolute Gasteiger partial charge is 0.496 e. The number of carboxylic acid groups (broad SMARTS) is 1. The van der Waals surface area contributed by atoms with Crippen LogP contribution in [0.4, 0.5) is 4.39 Å². The maximum Gasteiger partial charge on any atom is 0.331 e. The van der Waals surface area contributed by atoms with Crippen molar-refractivity contribution < 1.29 is 33.2 Å². The monoisotopic (exact) mass is 486 g/mol. The van der Waals surface area contributed by atoms with Crippen LogP contribution >= 0.6 is 0 Å². The fourth-order valence-electron chi connectivity index (χ4n) is 3.51. The van der Waals surface area contributed by atoms with Crippen LogP contribution in [0.3, 0.4) is 0 Å². The number of halogens is 1. The van der Waals surface area contributed by atoms with Crippen LogP contribution in [0, 0.1) is 5.82 Å². The van der Waals surface area contributed by atoms with Crippen LogP contribution in [-0.4, -0.2) is 49.1 Å². The van der Waals surface area contributed by atoms with Crippen LogP contribution in [0.2, 0.25) is 0 Å². The molecule has 0 saturated carbocycles. The number of nitrogens with zero attached hydrogens (tertiary/aromatic N) is 1. The molecule has 1 aromatic heterocycles. The zero-order chi connectivity index (χ0) is 25.7. The molecule has 0 spiro atoms. The Kier molecular flexibility index (Phi) is 7.59. The van der Waals surface area contributed by atoms with Crippen molar-refractivity contribution >= 4 is 18.1 Å². The Balaban J connectivity index is 2.10. The van der Waals surface area contributed by atoms with Crippen molar-refractivity contribution in [3.63, 3.8) is 0 Å². The molecule has 1 atom stereocenters. The van der Waals surface area contributed by atoms with E-state index in [2.05, 4.69) is 0 Å². The van der Waals surface area contributed by atoms with Crippen LogP contribution in [0.25, 0.3) is 12.2 Å². The highest BCUT2D eigenvalue weighted by atomic mass is 19.1. The van der Waals surface area contributed by atoms with Crippen molar-refractivity contribution in [2.75, 3.05) is 28.4 Å². The molecule has 0 aliphatic heterocycles. The number of carboxylic acids is 1. The minimum absolute atomic E-state index is 0.0700. The molecule has 2 aromatic carbocycles. The fourth-order valence-corrected chi connectivity index (χ4v) is 3.51. The minimum Gasteiger partial charge on any atom is -0.496 e. The average Bonchev–Trinajstić information content (AvgIpc) is 2.85. The standard InChI is InChI=1S/C24H23FN2O8/c1-32-17-8-7-13(5-6-14-10-18(33-2)21(35-4)19(11-14)34-3)9-15(17)20(23(29)30)27-12-16(25)22(28)26-24(27)31/h5-12,20H,1-4H3,(H,29,30)(H,26,28,31)/b6-5-. The first-order chi connectivity index (χ1) is 16.7. The summed E-state index contributed by atoms with van der Waals surface area (Å²) in [5.74, 6) is -1.27. The molecule has 0 bridgehead atoms. The summed E-state index contributed by atoms with van der Waals surface area (Å²) in [5.41, 5.74) is -1.00. The van der Waals surface area contributed by atoms with E-state index in [9.17, 15) is 23.9 Å². The number of hydrogen-bond acceptors (Lipinski definition) is 7. The molecule has 10 nitrogen and oxygen atoms in total. The molecule has 1 unspecified atom stereocenters. The highest BCUT2D eigenvalue weighted by Gasteiger charge is 2.27. The van der Waals surface area contributed by atoms with E-state index in [1.807, 2.05) is 0 Å². The molecule has 0 amide bonds. The van der Waals surface area contributed by atoms with Gasteiger partial charge < -0.3 is 24.1 Å². The van der Waals surface area contributed by atoms with Crippen molar-refractivity contribution in [3.05, 3.63) is 79.9 Å². The molecule has 0 fully saturated rings. The third-order valence-corrected chi connectivity index (χ3v) is 5.14. The second-order valence-corrected chi connectivity index (χ2v) is 7.18. The van der Waals surface area contributed by atoms with Gasteiger partial charge in [-0.3, -0.25) is 14.3 Å². The second-order valence-electron chi connectivity index (χ2n) is 7.18. The Bertz CT molecular complexity index is 1370. The molecular weight excluding hydrogens is 463 g/mol. The number of aliphatic carboxylic acids is 1. The van der Waals surface area contributed by atoms with Crippen molar-refractivity contribution in [1.29, 1.82) is 0 Å². The van der Waals surface area contributed by atoms with Gasteiger partial charge in [0, 0.05) is 5.56 Å². The van der Waals surface area contributed by atoms with E-state index < -0.39 is 29.1 Å². The molecule has 2 N–H and O–H groups in total. The molecule has 184 valence electrons. The summed E-state index contributed by atoms with van der Waals surface area (Å²) in [4.78, 5) is 37.6. The van der Waals surface area contributed by atoms with Crippen molar-refractivity contribution in [1.82, 2.24) is 9.55 Å². The maximum atomic E-state index is 13.9. The molecule has 0 saturated heterocycles. The number of H-pyrrole nitrogens is 1. The van der Waals surface area contributed by atoms with Gasteiger partial charge in [-0.25, -0.2) is 9.59 Å². The lowest BCUT2D eigenvalue weighted by molar-refractivity contribution is -0.139. The number of hydrogen-bond donors (Lipinski definition) is 2. The number of aromatic nitrogens is 2. The number of methoxy groups -OCH3 is 4. The Morgan fingerprint density at radius 3 is 2.09 bits per heavy atom. The van der Waals surface area contributed by atoms with Gasteiger partial charge in [0.2, 0.25) is 11.6 Å². The molecule has 11 heteroatoms. The van der Waals surface area contributed by atoms with Crippen LogP contribution in [-0.2, 0) is 4.79 Å². The van der Waals surface area contributed by atoms with Gasteiger partial charge in [0.05, 0.1) is 34.6 Å². The first-order valence-electron chi connectivity index (χ1n) is 10.1. The molecule has 0 aliphatic rings. The van der Waals surface area contributed by atoms with E-state index in [1.165, 1.54) is 40.6 Å². The lowest BCUT2D eigenvalue weighted by Crippen LogP contribution is -2.37. The van der Waals surface area contributed by atoms with E-state index in [-0.39, 0.29) is 11.3 Å². The third kappa shape index (κ3) is 5.18. The SMILES string of the molecule is COc1ccc(/C=C\c2cc(OC)c(OC)c(OC)c2)cc1C(C(=O)O)n1cc(F)c(=O)[nH]c1=O. The lowest BCUT2D eigenvalue weighted by atomic mass is 10.0. The van der Waals surface area contributed by atoms with Crippen molar-refractivity contribution in [3.8, 4) is 23.0 Å². The van der Waals surface area contributed by atoms with Gasteiger partial charge in [-0.2, -0.15) is 4.39 Å². The van der Waals surface area contributed by atoms with Crippen LogP contribution < -0.4 is 30.2 Å². The molecule has 35 heavy (non-hydrogen) atoms. The number of nitrogens with one attached hydrogen (secondary N) is 1. The second kappa shape index (κ2) is 10.6. The predicted octanol–water partition coefficient (Wildman–Crippen LogP) is 2.55. The van der Waals surface area contributed by atoms with E-state index in [1.54, 1.807) is 35.3 Å². The first-order valence-corrected chi connectivity index (χ1v) is 10.1. The Hall–Kier alpha value is -4.54. The highest BCUT2D eigenvalue weighted by molar-refractivity contribution is 5.79. The van der Waals surface area contributed by atoms with Crippen LogP contribution in [0.15, 0.2) is 46.1 Å². The van der Waals surface area contributed by atoms with Gasteiger partial charge in [0.1, 0.15) is 5.75 Å². The lowest BCUT2D eigenvalue weighted by Gasteiger charge is -2.19. The predicted molar refractivity (Wildman–Crippen MR) is 125 cm³/mol. The Morgan fingerprint density at radius 1 is 0.943 bits per heavy atom. The summed E-state index contributed by atoms with van der Waals surface area (Å²) < 4.78 is 35.8. The zero-order valence-corrected chi connectivity index (χ0v) is 19.3. The first kappa shape index (κ1) is 25.1. The van der Waals surface area contributed by atoms with Gasteiger partial charge >= 0.3 is 11.7 Å². The normalized spacial score (nSPS) is 11.8. The van der Waals surface area contributed by atoms with Crippen molar-refractivity contribution in [2.45, 2.75) is 6.04 Å². The van der Waals surface area contributed by atoms with Gasteiger partial charge in [-0.1, -0.05) is 18.2 Å².